The van der Waals surface area contributed by atoms with E-state index < -0.39 is 5.97 Å². The van der Waals surface area contributed by atoms with Gasteiger partial charge in [-0.3, -0.25) is 5.10 Å². The van der Waals surface area contributed by atoms with Crippen LogP contribution in [0.15, 0.2) is 24.3 Å². The number of benzene rings is 1. The average Bonchev–Trinajstić information content (AvgIpc) is 3.02. The molecule has 0 aliphatic heterocycles. The highest BCUT2D eigenvalue weighted by molar-refractivity contribution is 5.94. The number of urea groups is 1. The van der Waals surface area contributed by atoms with E-state index in [2.05, 4.69) is 25.6 Å². The summed E-state index contributed by atoms with van der Waals surface area (Å²) in [5, 5.41) is 12.3. The number of amides is 2. The first-order chi connectivity index (χ1) is 11.5. The Bertz CT molecular complexity index is 727. The molecule has 0 radical (unpaired) electrons. The van der Waals surface area contributed by atoms with Crippen LogP contribution in [0.4, 0.5) is 10.5 Å². The predicted octanol–water partition coefficient (Wildman–Crippen LogP) is 1.97. The maximum atomic E-state index is 12.0. The first-order valence-electron chi connectivity index (χ1n) is 7.29. The molecule has 8 heteroatoms. The van der Waals surface area contributed by atoms with Crippen molar-refractivity contribution in [3.8, 4) is 0 Å². The van der Waals surface area contributed by atoms with Gasteiger partial charge >= 0.3 is 12.0 Å². The minimum atomic E-state index is -0.457. The third-order valence-electron chi connectivity index (χ3n) is 3.32. The number of carbonyl (C=O) groups is 2. The summed E-state index contributed by atoms with van der Waals surface area (Å²) in [5.41, 5.74) is 3.27. The molecule has 2 amide bonds. The van der Waals surface area contributed by atoms with Gasteiger partial charge in [0.05, 0.1) is 37.2 Å². The summed E-state index contributed by atoms with van der Waals surface area (Å²) in [6, 6.07) is 6.39. The van der Waals surface area contributed by atoms with E-state index in [4.69, 9.17) is 4.74 Å². The minimum Gasteiger partial charge on any atom is -0.465 e. The zero-order valence-electron chi connectivity index (χ0n) is 13.8. The molecule has 0 saturated carbocycles. The standard InChI is InChI=1S/C16H20N4O4/c1-10-4-5-11(15(21)24-3)6-14(10)18-16(22)17-8-12-7-13(9-23-2)20-19-12/h4-7H,8-9H2,1-3H3,(H,19,20)(H2,17,18,22). The highest BCUT2D eigenvalue weighted by Gasteiger charge is 2.10. The number of esters is 1. The lowest BCUT2D eigenvalue weighted by Gasteiger charge is -2.10. The van der Waals surface area contributed by atoms with Crippen LogP contribution in [-0.2, 0) is 22.6 Å². The van der Waals surface area contributed by atoms with Crippen molar-refractivity contribution in [2.75, 3.05) is 19.5 Å². The number of ether oxygens (including phenoxy) is 2. The van der Waals surface area contributed by atoms with Gasteiger partial charge in [0, 0.05) is 12.8 Å². The zero-order valence-corrected chi connectivity index (χ0v) is 13.8. The van der Waals surface area contributed by atoms with Gasteiger partial charge in [0.1, 0.15) is 0 Å². The van der Waals surface area contributed by atoms with Gasteiger partial charge in [-0.05, 0) is 30.7 Å². The van der Waals surface area contributed by atoms with Crippen LogP contribution in [0.5, 0.6) is 0 Å². The van der Waals surface area contributed by atoms with Crippen molar-refractivity contribution in [2.45, 2.75) is 20.1 Å². The Morgan fingerprint density at radius 1 is 1.25 bits per heavy atom. The molecule has 1 heterocycles. The predicted molar refractivity (Wildman–Crippen MR) is 87.7 cm³/mol. The molecule has 0 fully saturated rings. The molecule has 128 valence electrons. The van der Waals surface area contributed by atoms with E-state index in [1.54, 1.807) is 25.3 Å². The van der Waals surface area contributed by atoms with Crippen LogP contribution in [-0.4, -0.2) is 36.4 Å². The lowest BCUT2D eigenvalue weighted by atomic mass is 10.1. The van der Waals surface area contributed by atoms with Gasteiger partial charge < -0.3 is 20.1 Å². The molecular weight excluding hydrogens is 312 g/mol. The summed E-state index contributed by atoms with van der Waals surface area (Å²) < 4.78 is 9.65. The quantitative estimate of drug-likeness (QED) is 0.701. The molecule has 3 N–H and O–H groups in total. The number of rotatable bonds is 6. The molecular formula is C16H20N4O4. The monoisotopic (exact) mass is 332 g/mol. The number of carbonyl (C=O) groups excluding carboxylic acids is 2. The van der Waals surface area contributed by atoms with E-state index in [0.29, 0.717) is 17.9 Å². The van der Waals surface area contributed by atoms with Gasteiger partial charge in [0.25, 0.3) is 0 Å². The lowest BCUT2D eigenvalue weighted by Crippen LogP contribution is -2.28. The fourth-order valence-electron chi connectivity index (χ4n) is 2.07. The van der Waals surface area contributed by atoms with Gasteiger partial charge in [-0.1, -0.05) is 6.07 Å². The average molecular weight is 332 g/mol. The number of aromatic nitrogens is 2. The Hall–Kier alpha value is -2.87. The molecule has 8 nitrogen and oxygen atoms in total. The molecule has 0 bridgehead atoms. The first-order valence-corrected chi connectivity index (χ1v) is 7.29. The van der Waals surface area contributed by atoms with Gasteiger partial charge in [0.2, 0.25) is 0 Å². The second kappa shape index (κ2) is 8.11. The Balaban J connectivity index is 1.95. The van der Waals surface area contributed by atoms with Crippen LogP contribution in [0.2, 0.25) is 0 Å². The van der Waals surface area contributed by atoms with Crippen LogP contribution < -0.4 is 10.6 Å². The Kier molecular flexibility index (Phi) is 5.91. The summed E-state index contributed by atoms with van der Waals surface area (Å²) in [7, 11) is 2.90. The van der Waals surface area contributed by atoms with Crippen molar-refractivity contribution in [2.24, 2.45) is 0 Å². The number of H-pyrrole nitrogens is 1. The summed E-state index contributed by atoms with van der Waals surface area (Å²) in [5.74, 6) is -0.457. The topological polar surface area (TPSA) is 105 Å². The maximum absolute atomic E-state index is 12.0. The van der Waals surface area contributed by atoms with Crippen LogP contribution in [0.1, 0.15) is 27.3 Å². The number of hydrogen-bond acceptors (Lipinski definition) is 5. The highest BCUT2D eigenvalue weighted by Crippen LogP contribution is 2.17. The summed E-state index contributed by atoms with van der Waals surface area (Å²) in [4.78, 5) is 23.6. The number of nitrogens with one attached hydrogen (secondary N) is 3. The molecule has 0 unspecified atom stereocenters. The van der Waals surface area contributed by atoms with Crippen LogP contribution in [0, 0.1) is 6.92 Å². The van der Waals surface area contributed by atoms with Crippen molar-refractivity contribution in [3.63, 3.8) is 0 Å². The second-order valence-corrected chi connectivity index (χ2v) is 5.15. The number of aryl methyl sites for hydroxylation is 1. The first kappa shape index (κ1) is 17.5. The number of aromatic amines is 1. The fraction of sp³-hybridized carbons (Fsp3) is 0.312. The molecule has 2 aromatic rings. The summed E-state index contributed by atoms with van der Waals surface area (Å²) in [6.07, 6.45) is 0. The molecule has 0 aliphatic rings. The number of methoxy groups -OCH3 is 2. The van der Waals surface area contributed by atoms with Crippen molar-refractivity contribution in [1.82, 2.24) is 15.5 Å². The van der Waals surface area contributed by atoms with Crippen LogP contribution >= 0.6 is 0 Å². The van der Waals surface area contributed by atoms with E-state index in [-0.39, 0.29) is 12.6 Å². The fourth-order valence-corrected chi connectivity index (χ4v) is 2.07. The largest absolute Gasteiger partial charge is 0.465 e. The van der Waals surface area contributed by atoms with E-state index >= 15 is 0 Å². The van der Waals surface area contributed by atoms with Crippen molar-refractivity contribution in [1.29, 1.82) is 0 Å². The minimum absolute atomic E-state index is 0.290. The molecule has 1 aromatic carbocycles. The van der Waals surface area contributed by atoms with Gasteiger partial charge in [-0.15, -0.1) is 0 Å². The molecule has 0 saturated heterocycles. The van der Waals surface area contributed by atoms with E-state index in [1.165, 1.54) is 7.11 Å². The molecule has 24 heavy (non-hydrogen) atoms. The Labute approximate surface area is 139 Å². The van der Waals surface area contributed by atoms with E-state index in [9.17, 15) is 9.59 Å². The molecule has 0 atom stereocenters. The van der Waals surface area contributed by atoms with E-state index in [0.717, 1.165) is 17.0 Å². The molecule has 0 spiro atoms. The number of nitrogens with zero attached hydrogens (tertiary/aromatic N) is 1. The van der Waals surface area contributed by atoms with Crippen LogP contribution in [0.3, 0.4) is 0 Å². The maximum Gasteiger partial charge on any atom is 0.337 e. The smallest absolute Gasteiger partial charge is 0.337 e. The molecule has 2 rings (SSSR count). The van der Waals surface area contributed by atoms with Gasteiger partial charge in [-0.25, -0.2) is 9.59 Å². The lowest BCUT2D eigenvalue weighted by molar-refractivity contribution is 0.0600. The number of anilines is 1. The third-order valence-corrected chi connectivity index (χ3v) is 3.32. The third kappa shape index (κ3) is 4.56. The Morgan fingerprint density at radius 3 is 2.75 bits per heavy atom. The Morgan fingerprint density at radius 2 is 2.04 bits per heavy atom. The number of hydrogen-bond donors (Lipinski definition) is 3. The second-order valence-electron chi connectivity index (χ2n) is 5.15. The van der Waals surface area contributed by atoms with Crippen molar-refractivity contribution in [3.05, 3.63) is 46.8 Å². The van der Waals surface area contributed by atoms with E-state index in [1.807, 2.05) is 13.0 Å². The SMILES string of the molecule is COCc1cc(CNC(=O)Nc2cc(C(=O)OC)ccc2C)[nH]n1. The molecule has 0 aliphatic carbocycles. The van der Waals surface area contributed by atoms with Crippen LogP contribution in [0.25, 0.3) is 0 Å². The normalized spacial score (nSPS) is 10.3. The van der Waals surface area contributed by atoms with Gasteiger partial charge in [0.15, 0.2) is 0 Å². The molecule has 1 aromatic heterocycles. The zero-order chi connectivity index (χ0) is 17.5. The van der Waals surface area contributed by atoms with Gasteiger partial charge in [-0.2, -0.15) is 5.10 Å². The summed E-state index contributed by atoms with van der Waals surface area (Å²) in [6.45, 7) is 2.53. The van der Waals surface area contributed by atoms with Crippen molar-refractivity contribution >= 4 is 17.7 Å². The van der Waals surface area contributed by atoms with Crippen molar-refractivity contribution < 1.29 is 19.1 Å². The highest BCUT2D eigenvalue weighted by atomic mass is 16.5. The summed E-state index contributed by atoms with van der Waals surface area (Å²) >= 11 is 0.